The molecule has 0 saturated heterocycles. The van der Waals surface area contributed by atoms with Crippen LogP contribution in [0.2, 0.25) is 0 Å². The lowest BCUT2D eigenvalue weighted by molar-refractivity contribution is -0.0498. The standard InChI is InChI=1S/C14H19F2NO/c15-13(16)18-12-7-5-11(6-8-12)14(17)9-3-1-2-4-10-14/h5-8,13H,1-4,9-10,17H2. The Morgan fingerprint density at radius 3 is 2.06 bits per heavy atom. The summed E-state index contributed by atoms with van der Waals surface area (Å²) in [5, 5.41) is 0. The first-order chi connectivity index (χ1) is 8.60. The van der Waals surface area contributed by atoms with Crippen LogP contribution in [-0.2, 0) is 5.54 Å². The van der Waals surface area contributed by atoms with E-state index in [4.69, 9.17) is 5.73 Å². The number of nitrogens with two attached hydrogens (primary N) is 1. The average molecular weight is 255 g/mol. The summed E-state index contributed by atoms with van der Waals surface area (Å²) in [4.78, 5) is 0. The molecule has 1 fully saturated rings. The van der Waals surface area contributed by atoms with Crippen molar-refractivity contribution in [2.24, 2.45) is 5.73 Å². The van der Waals surface area contributed by atoms with Crippen LogP contribution in [0.25, 0.3) is 0 Å². The lowest BCUT2D eigenvalue weighted by atomic mass is 9.84. The first kappa shape index (κ1) is 13.3. The van der Waals surface area contributed by atoms with Crippen molar-refractivity contribution in [2.45, 2.75) is 50.7 Å². The highest BCUT2D eigenvalue weighted by Gasteiger charge is 2.28. The van der Waals surface area contributed by atoms with Crippen molar-refractivity contribution in [3.05, 3.63) is 29.8 Å². The van der Waals surface area contributed by atoms with Gasteiger partial charge in [-0.15, -0.1) is 0 Å². The molecule has 2 N–H and O–H groups in total. The summed E-state index contributed by atoms with van der Waals surface area (Å²) in [5.41, 5.74) is 7.16. The third kappa shape index (κ3) is 3.19. The summed E-state index contributed by atoms with van der Waals surface area (Å²) < 4.78 is 28.5. The Labute approximate surface area is 106 Å². The van der Waals surface area contributed by atoms with Crippen molar-refractivity contribution in [2.75, 3.05) is 0 Å². The smallest absolute Gasteiger partial charge is 0.387 e. The number of halogens is 2. The first-order valence-corrected chi connectivity index (χ1v) is 6.44. The number of hydrogen-bond donors (Lipinski definition) is 1. The zero-order valence-corrected chi connectivity index (χ0v) is 10.4. The van der Waals surface area contributed by atoms with Crippen molar-refractivity contribution in [3.63, 3.8) is 0 Å². The number of alkyl halides is 2. The largest absolute Gasteiger partial charge is 0.435 e. The highest BCUT2D eigenvalue weighted by molar-refractivity contribution is 5.32. The third-order valence-corrected chi connectivity index (χ3v) is 3.65. The molecule has 0 amide bonds. The van der Waals surface area contributed by atoms with Gasteiger partial charge in [-0.2, -0.15) is 8.78 Å². The molecule has 4 heteroatoms. The van der Waals surface area contributed by atoms with Gasteiger partial charge in [0.2, 0.25) is 0 Å². The van der Waals surface area contributed by atoms with Gasteiger partial charge in [-0.3, -0.25) is 0 Å². The summed E-state index contributed by atoms with van der Waals surface area (Å²) in [6.07, 6.45) is 6.64. The molecule has 18 heavy (non-hydrogen) atoms. The third-order valence-electron chi connectivity index (χ3n) is 3.65. The maximum Gasteiger partial charge on any atom is 0.387 e. The molecular weight excluding hydrogens is 236 g/mol. The van der Waals surface area contributed by atoms with E-state index in [-0.39, 0.29) is 11.3 Å². The van der Waals surface area contributed by atoms with E-state index >= 15 is 0 Å². The maximum absolute atomic E-state index is 12.1. The second-order valence-electron chi connectivity index (χ2n) is 4.97. The van der Waals surface area contributed by atoms with Crippen molar-refractivity contribution in [1.82, 2.24) is 0 Å². The van der Waals surface area contributed by atoms with Crippen LogP contribution in [0, 0.1) is 0 Å². The van der Waals surface area contributed by atoms with Gasteiger partial charge in [0.25, 0.3) is 0 Å². The van der Waals surface area contributed by atoms with Gasteiger partial charge in [-0.1, -0.05) is 37.8 Å². The molecular formula is C14H19F2NO. The van der Waals surface area contributed by atoms with Crippen LogP contribution >= 0.6 is 0 Å². The van der Waals surface area contributed by atoms with Crippen LogP contribution < -0.4 is 10.5 Å². The summed E-state index contributed by atoms with van der Waals surface area (Å²) in [6.45, 7) is -2.78. The Balaban J connectivity index is 2.12. The molecule has 0 atom stereocenters. The number of ether oxygens (including phenoxy) is 1. The molecule has 1 aromatic rings. The summed E-state index contributed by atoms with van der Waals surface area (Å²) in [6, 6.07) is 6.76. The molecule has 1 saturated carbocycles. The molecule has 1 aliphatic carbocycles. The topological polar surface area (TPSA) is 35.2 Å². The molecule has 0 radical (unpaired) electrons. The zero-order valence-electron chi connectivity index (χ0n) is 10.4. The lowest BCUT2D eigenvalue weighted by Crippen LogP contribution is -2.35. The Bertz CT molecular complexity index is 370. The molecule has 100 valence electrons. The highest BCUT2D eigenvalue weighted by atomic mass is 19.3. The Morgan fingerprint density at radius 1 is 1.00 bits per heavy atom. The molecule has 1 aromatic carbocycles. The quantitative estimate of drug-likeness (QED) is 0.834. The lowest BCUT2D eigenvalue weighted by Gasteiger charge is -2.28. The molecule has 0 spiro atoms. The van der Waals surface area contributed by atoms with Crippen molar-refractivity contribution >= 4 is 0 Å². The Hall–Kier alpha value is -1.16. The van der Waals surface area contributed by atoms with Crippen LogP contribution in [-0.4, -0.2) is 6.61 Å². The van der Waals surface area contributed by atoms with Gasteiger partial charge in [0.15, 0.2) is 0 Å². The fourth-order valence-electron chi connectivity index (χ4n) is 2.62. The molecule has 1 aliphatic rings. The van der Waals surface area contributed by atoms with Crippen LogP contribution in [0.4, 0.5) is 8.78 Å². The number of benzene rings is 1. The molecule has 0 unspecified atom stereocenters. The molecule has 2 rings (SSSR count). The fraction of sp³-hybridized carbons (Fsp3) is 0.571. The maximum atomic E-state index is 12.1. The van der Waals surface area contributed by atoms with Gasteiger partial charge in [-0.25, -0.2) is 0 Å². The Kier molecular flexibility index (Phi) is 4.17. The summed E-state index contributed by atoms with van der Waals surface area (Å²) in [7, 11) is 0. The van der Waals surface area contributed by atoms with E-state index in [1.54, 1.807) is 12.1 Å². The van der Waals surface area contributed by atoms with Gasteiger partial charge in [0, 0.05) is 5.54 Å². The van der Waals surface area contributed by atoms with Gasteiger partial charge in [0.05, 0.1) is 0 Å². The predicted molar refractivity (Wildman–Crippen MR) is 66.6 cm³/mol. The van der Waals surface area contributed by atoms with E-state index in [1.807, 2.05) is 12.1 Å². The minimum atomic E-state index is -2.78. The van der Waals surface area contributed by atoms with Crippen LogP contribution in [0.15, 0.2) is 24.3 Å². The van der Waals surface area contributed by atoms with Crippen LogP contribution in [0.1, 0.15) is 44.1 Å². The molecule has 0 heterocycles. The molecule has 0 bridgehead atoms. The SMILES string of the molecule is NC1(c2ccc(OC(F)F)cc2)CCCCCC1. The van der Waals surface area contributed by atoms with Crippen LogP contribution in [0.3, 0.4) is 0 Å². The predicted octanol–water partition coefficient (Wildman–Crippen LogP) is 3.80. The van der Waals surface area contributed by atoms with E-state index < -0.39 is 6.61 Å². The van der Waals surface area contributed by atoms with Gasteiger partial charge in [0.1, 0.15) is 5.75 Å². The van der Waals surface area contributed by atoms with E-state index in [0.717, 1.165) is 31.2 Å². The van der Waals surface area contributed by atoms with Crippen molar-refractivity contribution < 1.29 is 13.5 Å². The Morgan fingerprint density at radius 2 is 1.56 bits per heavy atom. The van der Waals surface area contributed by atoms with Gasteiger partial charge >= 0.3 is 6.61 Å². The van der Waals surface area contributed by atoms with E-state index in [1.165, 1.54) is 12.8 Å². The van der Waals surface area contributed by atoms with Gasteiger partial charge in [-0.05, 0) is 30.5 Å². The zero-order chi connectivity index (χ0) is 13.0. The van der Waals surface area contributed by atoms with E-state index in [9.17, 15) is 8.78 Å². The summed E-state index contributed by atoms with van der Waals surface area (Å²) in [5.74, 6) is 0.186. The van der Waals surface area contributed by atoms with E-state index in [2.05, 4.69) is 4.74 Å². The molecule has 2 nitrogen and oxygen atoms in total. The monoisotopic (exact) mass is 255 g/mol. The average Bonchev–Trinajstić information content (AvgIpc) is 2.55. The normalized spacial score (nSPS) is 19.6. The molecule has 0 aliphatic heterocycles. The second-order valence-corrected chi connectivity index (χ2v) is 4.97. The number of hydrogen-bond acceptors (Lipinski definition) is 2. The van der Waals surface area contributed by atoms with Crippen LogP contribution in [0.5, 0.6) is 5.75 Å². The highest BCUT2D eigenvalue weighted by Crippen LogP contribution is 2.34. The minimum Gasteiger partial charge on any atom is -0.435 e. The van der Waals surface area contributed by atoms with Gasteiger partial charge < -0.3 is 10.5 Å². The fourth-order valence-corrected chi connectivity index (χ4v) is 2.62. The molecule has 0 aromatic heterocycles. The first-order valence-electron chi connectivity index (χ1n) is 6.44. The van der Waals surface area contributed by atoms with Crippen molar-refractivity contribution in [1.29, 1.82) is 0 Å². The second kappa shape index (κ2) is 5.65. The minimum absolute atomic E-state index is 0.186. The van der Waals surface area contributed by atoms with Crippen molar-refractivity contribution in [3.8, 4) is 5.75 Å². The van der Waals surface area contributed by atoms with E-state index in [0.29, 0.717) is 0 Å². The summed E-state index contributed by atoms with van der Waals surface area (Å²) >= 11 is 0. The number of rotatable bonds is 3.